The van der Waals surface area contributed by atoms with E-state index in [4.69, 9.17) is 4.74 Å². The molecule has 1 aliphatic rings. The number of carbonyl (C=O) groups is 1. The second-order valence-electron chi connectivity index (χ2n) is 10.4. The quantitative estimate of drug-likeness (QED) is 0.389. The van der Waals surface area contributed by atoms with E-state index in [1.54, 1.807) is 0 Å². The molecule has 182 valence electrons. The minimum absolute atomic E-state index is 0. The molecule has 2 aromatic carbocycles. The number of carboxylic acids is 1. The summed E-state index contributed by atoms with van der Waals surface area (Å²) in [5, 5.41) is 33.5. The van der Waals surface area contributed by atoms with Gasteiger partial charge in [0.1, 0.15) is 11.4 Å². The van der Waals surface area contributed by atoms with Crippen molar-refractivity contribution in [3.63, 3.8) is 0 Å². The van der Waals surface area contributed by atoms with Crippen LogP contribution in [-0.4, -0.2) is 39.0 Å². The molecule has 0 saturated heterocycles. The molecular formula is C28H34NNaO5. The summed E-state index contributed by atoms with van der Waals surface area (Å²) >= 11 is 0. The summed E-state index contributed by atoms with van der Waals surface area (Å²) < 4.78 is 6.41. The third kappa shape index (κ3) is 6.12. The first kappa shape index (κ1) is 27.8. The largest absolute Gasteiger partial charge is 1.00 e. The Kier molecular flexibility index (Phi) is 8.77. The molecule has 35 heavy (non-hydrogen) atoms. The number of aromatic amines is 1. The smallest absolute Gasteiger partial charge is 0.550 e. The first-order chi connectivity index (χ1) is 16.1. The molecule has 6 nitrogen and oxygen atoms in total. The fourth-order valence-electron chi connectivity index (χ4n) is 5.26. The summed E-state index contributed by atoms with van der Waals surface area (Å²) in [4.78, 5) is 14.2. The van der Waals surface area contributed by atoms with Gasteiger partial charge in [-0.3, -0.25) is 0 Å². The number of fused-ring (bicyclic) bond motifs is 2. The van der Waals surface area contributed by atoms with Gasteiger partial charge in [0, 0.05) is 36.0 Å². The van der Waals surface area contributed by atoms with E-state index in [0.29, 0.717) is 12.8 Å². The molecule has 0 aliphatic carbocycles. The van der Waals surface area contributed by atoms with Crippen molar-refractivity contribution in [3.05, 3.63) is 53.2 Å². The van der Waals surface area contributed by atoms with Crippen LogP contribution in [0.25, 0.3) is 22.0 Å². The van der Waals surface area contributed by atoms with Crippen molar-refractivity contribution in [1.29, 1.82) is 0 Å². The van der Waals surface area contributed by atoms with Crippen molar-refractivity contribution < 1.29 is 54.4 Å². The number of aliphatic carboxylic acids is 1. The number of carboxylic acid groups (broad SMARTS) is 1. The fourth-order valence-corrected chi connectivity index (χ4v) is 5.26. The molecule has 7 heteroatoms. The van der Waals surface area contributed by atoms with E-state index in [-0.39, 0.29) is 47.5 Å². The topological polar surface area (TPSA) is 106 Å². The molecule has 0 amide bonds. The van der Waals surface area contributed by atoms with Gasteiger partial charge in [-0.1, -0.05) is 38.1 Å². The number of carbonyl (C=O) groups excluding carboxylic acids is 1. The van der Waals surface area contributed by atoms with E-state index < -0.39 is 24.6 Å². The van der Waals surface area contributed by atoms with Crippen molar-refractivity contribution in [2.45, 2.75) is 83.5 Å². The Labute approximate surface area is 229 Å². The number of ether oxygens (including phenoxy) is 1. The molecule has 0 saturated carbocycles. The predicted molar refractivity (Wildman–Crippen MR) is 131 cm³/mol. The van der Waals surface area contributed by atoms with Gasteiger partial charge >= 0.3 is 29.6 Å². The van der Waals surface area contributed by atoms with Crippen molar-refractivity contribution in [3.8, 4) is 17.0 Å². The van der Waals surface area contributed by atoms with Crippen LogP contribution in [0.2, 0.25) is 0 Å². The summed E-state index contributed by atoms with van der Waals surface area (Å²) in [5.74, 6) is -0.206. The zero-order valence-electron chi connectivity index (χ0n) is 21.4. The fraction of sp³-hybridized carbons (Fsp3) is 0.464. The third-order valence-electron chi connectivity index (χ3n) is 6.62. The summed E-state index contributed by atoms with van der Waals surface area (Å²) in [5.41, 5.74) is 5.34. The van der Waals surface area contributed by atoms with E-state index >= 15 is 0 Å². The molecule has 0 fully saturated rings. The maximum atomic E-state index is 10.7. The maximum Gasteiger partial charge on any atom is 1.00 e. The van der Waals surface area contributed by atoms with Crippen LogP contribution in [0, 0.1) is 0 Å². The average Bonchev–Trinajstić information content (AvgIpc) is 3.29. The van der Waals surface area contributed by atoms with E-state index in [2.05, 4.69) is 50.9 Å². The molecule has 3 N–H and O–H groups in total. The van der Waals surface area contributed by atoms with Crippen LogP contribution in [0.1, 0.15) is 69.6 Å². The van der Waals surface area contributed by atoms with Crippen LogP contribution in [0.15, 0.2) is 36.5 Å². The Morgan fingerprint density at radius 2 is 1.91 bits per heavy atom. The van der Waals surface area contributed by atoms with Crippen LogP contribution in [0.3, 0.4) is 0 Å². The van der Waals surface area contributed by atoms with Crippen molar-refractivity contribution in [1.82, 2.24) is 4.98 Å². The van der Waals surface area contributed by atoms with Crippen LogP contribution in [0.5, 0.6) is 5.75 Å². The zero-order chi connectivity index (χ0) is 24.6. The number of hydrogen-bond acceptors (Lipinski definition) is 5. The van der Waals surface area contributed by atoms with Gasteiger partial charge < -0.3 is 29.8 Å². The van der Waals surface area contributed by atoms with Crippen LogP contribution >= 0.6 is 0 Å². The molecule has 1 aromatic heterocycles. The van der Waals surface area contributed by atoms with Gasteiger partial charge in [-0.15, -0.1) is 0 Å². The van der Waals surface area contributed by atoms with Gasteiger partial charge in [0.15, 0.2) is 0 Å². The molecule has 2 unspecified atom stereocenters. The Morgan fingerprint density at radius 1 is 1.20 bits per heavy atom. The number of rotatable bonds is 9. The van der Waals surface area contributed by atoms with Crippen LogP contribution in [-0.2, 0) is 17.6 Å². The molecule has 2 atom stereocenters. The average molecular weight is 488 g/mol. The first-order valence-electron chi connectivity index (χ1n) is 12.1. The van der Waals surface area contributed by atoms with Crippen molar-refractivity contribution in [2.75, 3.05) is 0 Å². The van der Waals surface area contributed by atoms with Crippen molar-refractivity contribution >= 4 is 16.7 Å². The second-order valence-corrected chi connectivity index (χ2v) is 10.4. The van der Waals surface area contributed by atoms with E-state index in [1.165, 1.54) is 10.9 Å². The first-order valence-corrected chi connectivity index (χ1v) is 12.1. The molecule has 0 bridgehead atoms. The number of H-pyrrole nitrogens is 1. The molecule has 0 radical (unpaired) electrons. The molecular weight excluding hydrogens is 453 g/mol. The van der Waals surface area contributed by atoms with E-state index in [1.807, 2.05) is 18.3 Å². The van der Waals surface area contributed by atoms with E-state index in [0.717, 1.165) is 39.9 Å². The summed E-state index contributed by atoms with van der Waals surface area (Å²) in [7, 11) is 0. The molecule has 0 spiro atoms. The van der Waals surface area contributed by atoms with E-state index in [9.17, 15) is 20.1 Å². The second kappa shape index (κ2) is 11.1. The number of benzene rings is 2. The van der Waals surface area contributed by atoms with Crippen LogP contribution < -0.4 is 39.4 Å². The Balaban J connectivity index is 0.00000342. The van der Waals surface area contributed by atoms with Gasteiger partial charge in [-0.05, 0) is 67.2 Å². The third-order valence-corrected chi connectivity index (χ3v) is 6.62. The minimum Gasteiger partial charge on any atom is -0.550 e. The minimum atomic E-state index is -1.32. The van der Waals surface area contributed by atoms with Gasteiger partial charge in [0.05, 0.1) is 17.9 Å². The Hall–Kier alpha value is -1.83. The van der Waals surface area contributed by atoms with Gasteiger partial charge in [-0.25, -0.2) is 0 Å². The SMILES string of the molecule is CC(C)c1c(-c2[nH]cc3ccccc23)cc2c(c1CCC(O)CC(O)CC(=O)[O-])OC(C)(C)C2.[Na+]. The number of aliphatic hydroxyl groups excluding tert-OH is 2. The molecule has 4 rings (SSSR count). The standard InChI is InChI=1S/C28H35NO5.Na/c1-16(2)25-22(10-9-19(30)12-20(31)13-24(32)33)27-18(14-28(3,4)34-27)11-23(25)26-21-8-6-5-7-17(21)15-29-26;/h5-8,11,15-16,19-20,29-31H,9-10,12-14H2,1-4H3,(H,32,33);/q;+1/p-1. The predicted octanol–water partition coefficient (Wildman–Crippen LogP) is 0.860. The summed E-state index contributed by atoms with van der Waals surface area (Å²) in [6.45, 7) is 8.50. The van der Waals surface area contributed by atoms with Crippen molar-refractivity contribution in [2.24, 2.45) is 0 Å². The number of hydrogen-bond donors (Lipinski definition) is 3. The van der Waals surface area contributed by atoms with Gasteiger partial charge in [0.2, 0.25) is 0 Å². The monoisotopic (exact) mass is 487 g/mol. The maximum absolute atomic E-state index is 10.7. The normalized spacial score (nSPS) is 16.0. The Bertz CT molecular complexity index is 1200. The zero-order valence-corrected chi connectivity index (χ0v) is 23.4. The molecule has 2 heterocycles. The molecule has 3 aromatic rings. The van der Waals surface area contributed by atoms with Crippen LogP contribution in [0.4, 0.5) is 0 Å². The number of aliphatic hydroxyl groups is 2. The van der Waals surface area contributed by atoms with Gasteiger partial charge in [-0.2, -0.15) is 0 Å². The number of nitrogens with one attached hydrogen (secondary N) is 1. The number of aromatic nitrogens is 1. The molecule has 1 aliphatic heterocycles. The summed E-state index contributed by atoms with van der Waals surface area (Å²) in [6.07, 6.45) is 1.37. The van der Waals surface area contributed by atoms with Gasteiger partial charge in [0.25, 0.3) is 0 Å². The summed E-state index contributed by atoms with van der Waals surface area (Å²) in [6, 6.07) is 10.6. The Morgan fingerprint density at radius 3 is 2.60 bits per heavy atom.